The summed E-state index contributed by atoms with van der Waals surface area (Å²) < 4.78 is 14.2. The summed E-state index contributed by atoms with van der Waals surface area (Å²) in [6.07, 6.45) is 2.39. The molecule has 1 N–H and O–H groups in total. The van der Waals surface area contributed by atoms with E-state index in [1.165, 1.54) is 12.3 Å². The van der Waals surface area contributed by atoms with E-state index in [1.807, 2.05) is 13.0 Å². The summed E-state index contributed by atoms with van der Waals surface area (Å²) >= 11 is 3.37. The molecule has 0 atom stereocenters. The fraction of sp³-hybridized carbons (Fsp3) is 0.0769. The minimum absolute atomic E-state index is 0.0262. The number of benzene rings is 1. The van der Waals surface area contributed by atoms with E-state index in [1.54, 1.807) is 12.1 Å². The third-order valence-electron chi connectivity index (χ3n) is 2.45. The number of amides is 1. The van der Waals surface area contributed by atoms with Crippen LogP contribution in [-0.2, 0) is 0 Å². The summed E-state index contributed by atoms with van der Waals surface area (Å²) in [5, 5.41) is 2.63. The molecule has 1 aromatic heterocycles. The maximum Gasteiger partial charge on any atom is 0.258 e. The lowest BCUT2D eigenvalue weighted by atomic mass is 10.2. The normalized spacial score (nSPS) is 10.2. The maximum absolute atomic E-state index is 13.4. The third-order valence-corrected chi connectivity index (χ3v) is 3.30. The van der Waals surface area contributed by atoms with Crippen LogP contribution in [0.1, 0.15) is 15.9 Å². The highest BCUT2D eigenvalue weighted by Gasteiger charge is 2.11. The largest absolute Gasteiger partial charge is 0.322 e. The predicted octanol–water partition coefficient (Wildman–Crippen LogP) is 3.54. The molecule has 0 unspecified atom stereocenters. The molecule has 0 saturated heterocycles. The van der Waals surface area contributed by atoms with Crippen LogP contribution >= 0.6 is 15.9 Å². The summed E-state index contributed by atoms with van der Waals surface area (Å²) in [6, 6.07) is 6.74. The van der Waals surface area contributed by atoms with Gasteiger partial charge in [0.05, 0.1) is 11.8 Å². The molecular weight excluding hydrogens is 299 g/mol. The Hall–Kier alpha value is -1.75. The molecule has 0 fully saturated rings. The van der Waals surface area contributed by atoms with Gasteiger partial charge in [0.1, 0.15) is 0 Å². The van der Waals surface area contributed by atoms with Gasteiger partial charge in [0.25, 0.3) is 5.91 Å². The van der Waals surface area contributed by atoms with Crippen LogP contribution in [0, 0.1) is 12.7 Å². The zero-order valence-corrected chi connectivity index (χ0v) is 11.2. The summed E-state index contributed by atoms with van der Waals surface area (Å²) in [5.74, 6) is -1.13. The van der Waals surface area contributed by atoms with Crippen LogP contribution in [0.15, 0.2) is 41.1 Å². The first-order valence-electron chi connectivity index (χ1n) is 5.25. The highest BCUT2D eigenvalue weighted by molar-refractivity contribution is 9.10. The number of rotatable bonds is 2. The Labute approximate surface area is 112 Å². The Kier molecular flexibility index (Phi) is 3.72. The van der Waals surface area contributed by atoms with Crippen LogP contribution in [0.5, 0.6) is 0 Å². The van der Waals surface area contributed by atoms with E-state index in [9.17, 15) is 9.18 Å². The van der Waals surface area contributed by atoms with Crippen LogP contribution < -0.4 is 5.32 Å². The average molecular weight is 309 g/mol. The summed E-state index contributed by atoms with van der Waals surface area (Å²) in [5.41, 5.74) is 1.64. The number of hydrogen-bond donors (Lipinski definition) is 1. The Morgan fingerprint density at radius 1 is 1.39 bits per heavy atom. The Morgan fingerprint density at radius 3 is 2.83 bits per heavy atom. The van der Waals surface area contributed by atoms with Crippen molar-refractivity contribution in [3.05, 3.63) is 58.1 Å². The molecule has 18 heavy (non-hydrogen) atoms. The first kappa shape index (κ1) is 12.7. The van der Waals surface area contributed by atoms with E-state index in [0.717, 1.165) is 16.2 Å². The first-order chi connectivity index (χ1) is 8.58. The number of carbonyl (C=O) groups is 1. The van der Waals surface area contributed by atoms with E-state index in [0.29, 0.717) is 5.69 Å². The molecule has 1 heterocycles. The van der Waals surface area contributed by atoms with Crippen LogP contribution in [0.25, 0.3) is 0 Å². The van der Waals surface area contributed by atoms with Crippen molar-refractivity contribution in [1.29, 1.82) is 0 Å². The molecule has 0 saturated carbocycles. The van der Waals surface area contributed by atoms with E-state index in [4.69, 9.17) is 0 Å². The monoisotopic (exact) mass is 308 g/mol. The Balaban J connectivity index is 2.22. The van der Waals surface area contributed by atoms with Gasteiger partial charge < -0.3 is 5.32 Å². The summed E-state index contributed by atoms with van der Waals surface area (Å²) in [6.45, 7) is 1.94. The Morgan fingerprint density at radius 2 is 2.17 bits per heavy atom. The predicted molar refractivity (Wildman–Crippen MR) is 71.0 cm³/mol. The summed E-state index contributed by atoms with van der Waals surface area (Å²) in [7, 11) is 0. The highest BCUT2D eigenvalue weighted by atomic mass is 79.9. The molecule has 1 amide bonds. The standard InChI is InChI=1S/C13H10BrFN2O/c1-8-2-3-9(6-11(8)14)17-13(18)10-4-5-16-7-12(10)15/h2-7H,1H3,(H,17,18). The Bertz CT molecular complexity index is 601. The molecule has 0 aliphatic carbocycles. The van der Waals surface area contributed by atoms with Gasteiger partial charge >= 0.3 is 0 Å². The number of anilines is 1. The zero-order valence-electron chi connectivity index (χ0n) is 9.58. The third kappa shape index (κ3) is 2.73. The van der Waals surface area contributed by atoms with Crippen LogP contribution in [0.2, 0.25) is 0 Å². The van der Waals surface area contributed by atoms with Gasteiger partial charge in [0.15, 0.2) is 5.82 Å². The molecule has 92 valence electrons. The smallest absolute Gasteiger partial charge is 0.258 e. The average Bonchev–Trinajstić information content (AvgIpc) is 2.34. The van der Waals surface area contributed by atoms with Crippen molar-refractivity contribution < 1.29 is 9.18 Å². The second-order valence-electron chi connectivity index (χ2n) is 3.77. The van der Waals surface area contributed by atoms with Crippen molar-refractivity contribution in [2.24, 2.45) is 0 Å². The van der Waals surface area contributed by atoms with E-state index >= 15 is 0 Å². The number of carbonyl (C=O) groups excluding carboxylic acids is 1. The van der Waals surface area contributed by atoms with E-state index < -0.39 is 11.7 Å². The molecule has 3 nitrogen and oxygen atoms in total. The molecule has 5 heteroatoms. The van der Waals surface area contributed by atoms with Crippen LogP contribution in [0.3, 0.4) is 0 Å². The number of pyridine rings is 1. The molecule has 2 rings (SSSR count). The molecule has 0 spiro atoms. The fourth-order valence-corrected chi connectivity index (χ4v) is 1.81. The number of aromatic nitrogens is 1. The van der Waals surface area contributed by atoms with Gasteiger partial charge in [-0.25, -0.2) is 4.39 Å². The fourth-order valence-electron chi connectivity index (χ4n) is 1.43. The van der Waals surface area contributed by atoms with Gasteiger partial charge in [-0.15, -0.1) is 0 Å². The molecule has 0 bridgehead atoms. The van der Waals surface area contributed by atoms with Crippen molar-refractivity contribution in [3.63, 3.8) is 0 Å². The minimum Gasteiger partial charge on any atom is -0.322 e. The van der Waals surface area contributed by atoms with Gasteiger partial charge in [-0.2, -0.15) is 0 Å². The molecular formula is C13H10BrFN2O. The number of aryl methyl sites for hydroxylation is 1. The van der Waals surface area contributed by atoms with Crippen LogP contribution in [0.4, 0.5) is 10.1 Å². The number of halogens is 2. The highest BCUT2D eigenvalue weighted by Crippen LogP contribution is 2.21. The zero-order chi connectivity index (χ0) is 13.1. The number of nitrogens with zero attached hydrogens (tertiary/aromatic N) is 1. The van der Waals surface area contributed by atoms with E-state index in [-0.39, 0.29) is 5.56 Å². The lowest BCUT2D eigenvalue weighted by Crippen LogP contribution is -2.13. The number of nitrogens with one attached hydrogen (secondary N) is 1. The van der Waals surface area contributed by atoms with Crippen LogP contribution in [-0.4, -0.2) is 10.9 Å². The maximum atomic E-state index is 13.4. The quantitative estimate of drug-likeness (QED) is 0.922. The van der Waals surface area contributed by atoms with E-state index in [2.05, 4.69) is 26.2 Å². The van der Waals surface area contributed by atoms with Gasteiger partial charge in [-0.1, -0.05) is 22.0 Å². The SMILES string of the molecule is Cc1ccc(NC(=O)c2ccncc2F)cc1Br. The van der Waals surface area contributed by atoms with Crippen molar-refractivity contribution >= 4 is 27.5 Å². The molecule has 2 aromatic rings. The molecule has 0 radical (unpaired) electrons. The topological polar surface area (TPSA) is 42.0 Å². The lowest BCUT2D eigenvalue weighted by molar-refractivity contribution is 0.102. The second-order valence-corrected chi connectivity index (χ2v) is 4.63. The molecule has 1 aromatic carbocycles. The van der Waals surface area contributed by atoms with Gasteiger partial charge in [0.2, 0.25) is 0 Å². The van der Waals surface area contributed by atoms with Crippen molar-refractivity contribution in [3.8, 4) is 0 Å². The first-order valence-corrected chi connectivity index (χ1v) is 6.04. The lowest BCUT2D eigenvalue weighted by Gasteiger charge is -2.07. The number of hydrogen-bond acceptors (Lipinski definition) is 2. The van der Waals surface area contributed by atoms with Crippen molar-refractivity contribution in [2.45, 2.75) is 6.92 Å². The van der Waals surface area contributed by atoms with Gasteiger partial charge in [0, 0.05) is 16.4 Å². The molecule has 0 aliphatic heterocycles. The summed E-state index contributed by atoms with van der Waals surface area (Å²) in [4.78, 5) is 15.4. The minimum atomic E-state index is -0.638. The van der Waals surface area contributed by atoms with Crippen molar-refractivity contribution in [1.82, 2.24) is 4.98 Å². The second kappa shape index (κ2) is 5.27. The molecule has 0 aliphatic rings. The van der Waals surface area contributed by atoms with Crippen molar-refractivity contribution in [2.75, 3.05) is 5.32 Å². The van der Waals surface area contributed by atoms with Gasteiger partial charge in [-0.05, 0) is 30.7 Å². The van der Waals surface area contributed by atoms with Gasteiger partial charge in [-0.3, -0.25) is 9.78 Å².